The van der Waals surface area contributed by atoms with Crippen LogP contribution < -0.4 is 10.9 Å². The van der Waals surface area contributed by atoms with Crippen LogP contribution in [0.2, 0.25) is 5.02 Å². The predicted octanol–water partition coefficient (Wildman–Crippen LogP) is 3.62. The second-order valence-corrected chi connectivity index (χ2v) is 5.03. The second-order valence-electron chi connectivity index (χ2n) is 4.59. The number of benzene rings is 2. The van der Waals surface area contributed by atoms with Crippen LogP contribution in [0.1, 0.15) is 29.6 Å². The van der Waals surface area contributed by atoms with Crippen LogP contribution in [0, 0.1) is 0 Å². The summed E-state index contributed by atoms with van der Waals surface area (Å²) in [6.45, 7) is 0. The van der Waals surface area contributed by atoms with Crippen molar-refractivity contribution < 1.29 is 0 Å². The van der Waals surface area contributed by atoms with Crippen molar-refractivity contribution in [1.82, 2.24) is 10.9 Å². The van der Waals surface area contributed by atoms with Crippen molar-refractivity contribution in [1.29, 1.82) is 0 Å². The minimum absolute atomic E-state index is 0.340. The van der Waals surface area contributed by atoms with Gasteiger partial charge in [-0.3, -0.25) is 0 Å². The third-order valence-electron chi connectivity index (χ3n) is 3.38. The summed E-state index contributed by atoms with van der Waals surface area (Å²) < 4.78 is 0. The lowest BCUT2D eigenvalue weighted by Gasteiger charge is -2.10. The average molecular weight is 259 g/mol. The highest BCUT2D eigenvalue weighted by Crippen LogP contribution is 2.30. The molecule has 0 aliphatic carbocycles. The van der Waals surface area contributed by atoms with Crippen molar-refractivity contribution >= 4 is 11.6 Å². The summed E-state index contributed by atoms with van der Waals surface area (Å²) in [6.07, 6.45) is 1.05. The summed E-state index contributed by atoms with van der Waals surface area (Å²) in [5, 5.41) is 0.782. The van der Waals surface area contributed by atoms with Crippen LogP contribution in [0.25, 0.3) is 0 Å². The maximum Gasteiger partial charge on any atom is 0.0481 e. The molecule has 92 valence electrons. The lowest BCUT2D eigenvalue weighted by Crippen LogP contribution is -2.26. The first-order chi connectivity index (χ1) is 8.83. The fourth-order valence-corrected chi connectivity index (χ4v) is 2.50. The first-order valence-electron chi connectivity index (χ1n) is 6.14. The molecule has 3 heteroatoms. The summed E-state index contributed by atoms with van der Waals surface area (Å²) in [7, 11) is 0. The van der Waals surface area contributed by atoms with Crippen molar-refractivity contribution in [3.8, 4) is 0 Å². The molecule has 1 heterocycles. The highest BCUT2D eigenvalue weighted by Gasteiger charge is 2.25. The molecule has 2 nitrogen and oxygen atoms in total. The molecule has 2 N–H and O–H groups in total. The molecule has 2 unspecified atom stereocenters. The lowest BCUT2D eigenvalue weighted by molar-refractivity contribution is 0.555. The first kappa shape index (κ1) is 11.7. The van der Waals surface area contributed by atoms with Crippen LogP contribution in [0.5, 0.6) is 0 Å². The molecule has 1 saturated heterocycles. The fraction of sp³-hybridized carbons (Fsp3) is 0.200. The summed E-state index contributed by atoms with van der Waals surface area (Å²) in [5.74, 6) is 0. The second kappa shape index (κ2) is 5.11. The summed E-state index contributed by atoms with van der Waals surface area (Å²) in [6, 6.07) is 19.3. The SMILES string of the molecule is Clc1ccc(C2CC(c3ccccc3)NN2)cc1. The van der Waals surface area contributed by atoms with Gasteiger partial charge in [0.1, 0.15) is 0 Å². The van der Waals surface area contributed by atoms with Gasteiger partial charge in [-0.1, -0.05) is 54.1 Å². The molecule has 0 radical (unpaired) electrons. The largest absolute Gasteiger partial charge is 0.250 e. The summed E-state index contributed by atoms with van der Waals surface area (Å²) in [4.78, 5) is 0. The van der Waals surface area contributed by atoms with Gasteiger partial charge in [-0.2, -0.15) is 0 Å². The standard InChI is InChI=1S/C15H15ClN2/c16-13-8-6-12(7-9-13)15-10-14(17-18-15)11-4-2-1-3-5-11/h1-9,14-15,17-18H,10H2. The van der Waals surface area contributed by atoms with Crippen LogP contribution in [0.4, 0.5) is 0 Å². The maximum atomic E-state index is 5.91. The van der Waals surface area contributed by atoms with Gasteiger partial charge in [-0.05, 0) is 29.7 Å². The van der Waals surface area contributed by atoms with Crippen molar-refractivity contribution in [2.45, 2.75) is 18.5 Å². The molecule has 1 fully saturated rings. The average Bonchev–Trinajstić information content (AvgIpc) is 2.90. The normalized spacial score (nSPS) is 23.2. The third-order valence-corrected chi connectivity index (χ3v) is 3.63. The molecule has 0 amide bonds. The van der Waals surface area contributed by atoms with E-state index in [1.54, 1.807) is 0 Å². The predicted molar refractivity (Wildman–Crippen MR) is 74.3 cm³/mol. The Kier molecular flexibility index (Phi) is 3.33. The Morgan fingerprint density at radius 2 is 1.33 bits per heavy atom. The highest BCUT2D eigenvalue weighted by atomic mass is 35.5. The Labute approximate surface area is 112 Å². The fourth-order valence-electron chi connectivity index (χ4n) is 2.37. The van der Waals surface area contributed by atoms with E-state index in [0.717, 1.165) is 11.4 Å². The van der Waals surface area contributed by atoms with Gasteiger partial charge in [0, 0.05) is 17.1 Å². The van der Waals surface area contributed by atoms with Crippen molar-refractivity contribution in [3.63, 3.8) is 0 Å². The van der Waals surface area contributed by atoms with Crippen molar-refractivity contribution in [2.75, 3.05) is 0 Å². The van der Waals surface area contributed by atoms with Crippen LogP contribution in [0.3, 0.4) is 0 Å². The van der Waals surface area contributed by atoms with Crippen molar-refractivity contribution in [2.24, 2.45) is 0 Å². The quantitative estimate of drug-likeness (QED) is 0.860. The Balaban J connectivity index is 1.74. The van der Waals surface area contributed by atoms with E-state index < -0.39 is 0 Å². The van der Waals surface area contributed by atoms with E-state index >= 15 is 0 Å². The summed E-state index contributed by atoms with van der Waals surface area (Å²) >= 11 is 5.91. The number of rotatable bonds is 2. The molecule has 0 bridgehead atoms. The number of hydrazine groups is 1. The Morgan fingerprint density at radius 3 is 1.94 bits per heavy atom. The minimum Gasteiger partial charge on any atom is -0.250 e. The number of hydrogen-bond donors (Lipinski definition) is 2. The molecule has 3 rings (SSSR count). The molecule has 18 heavy (non-hydrogen) atoms. The third kappa shape index (κ3) is 2.41. The number of nitrogens with one attached hydrogen (secondary N) is 2. The molecule has 1 aliphatic rings. The lowest BCUT2D eigenvalue weighted by atomic mass is 9.98. The van der Waals surface area contributed by atoms with Gasteiger partial charge in [0.2, 0.25) is 0 Å². The first-order valence-corrected chi connectivity index (χ1v) is 6.52. The zero-order valence-corrected chi connectivity index (χ0v) is 10.7. The van der Waals surface area contributed by atoms with Crippen LogP contribution >= 0.6 is 11.6 Å². The number of hydrogen-bond acceptors (Lipinski definition) is 2. The topological polar surface area (TPSA) is 24.1 Å². The molecule has 2 aromatic rings. The summed E-state index contributed by atoms with van der Waals surface area (Å²) in [5.41, 5.74) is 9.29. The van der Waals surface area contributed by atoms with E-state index in [4.69, 9.17) is 11.6 Å². The molecule has 2 atom stereocenters. The van der Waals surface area contributed by atoms with Gasteiger partial charge in [-0.15, -0.1) is 0 Å². The van der Waals surface area contributed by atoms with Gasteiger partial charge < -0.3 is 0 Å². The van der Waals surface area contributed by atoms with Crippen LogP contribution in [0.15, 0.2) is 54.6 Å². The smallest absolute Gasteiger partial charge is 0.0481 e. The molecular formula is C15H15ClN2. The van der Waals surface area contributed by atoms with E-state index in [1.165, 1.54) is 11.1 Å². The minimum atomic E-state index is 0.340. The van der Waals surface area contributed by atoms with Gasteiger partial charge in [-0.25, -0.2) is 10.9 Å². The molecular weight excluding hydrogens is 244 g/mol. The molecule has 1 aliphatic heterocycles. The Bertz CT molecular complexity index is 510. The Hall–Kier alpha value is -1.35. The molecule has 0 spiro atoms. The Morgan fingerprint density at radius 1 is 0.778 bits per heavy atom. The van der Waals surface area contributed by atoms with E-state index in [1.807, 2.05) is 18.2 Å². The van der Waals surface area contributed by atoms with E-state index in [0.29, 0.717) is 12.1 Å². The highest BCUT2D eigenvalue weighted by molar-refractivity contribution is 6.30. The maximum absolute atomic E-state index is 5.91. The zero-order valence-electron chi connectivity index (χ0n) is 9.94. The molecule has 0 aromatic heterocycles. The van der Waals surface area contributed by atoms with E-state index in [2.05, 4.69) is 47.2 Å². The molecule has 2 aromatic carbocycles. The van der Waals surface area contributed by atoms with Crippen LogP contribution in [-0.2, 0) is 0 Å². The van der Waals surface area contributed by atoms with Gasteiger partial charge in [0.05, 0.1) is 0 Å². The van der Waals surface area contributed by atoms with Gasteiger partial charge in [0.15, 0.2) is 0 Å². The monoisotopic (exact) mass is 258 g/mol. The number of halogens is 1. The zero-order chi connectivity index (χ0) is 12.4. The van der Waals surface area contributed by atoms with Gasteiger partial charge >= 0.3 is 0 Å². The van der Waals surface area contributed by atoms with Crippen LogP contribution in [-0.4, -0.2) is 0 Å². The van der Waals surface area contributed by atoms with Crippen molar-refractivity contribution in [3.05, 3.63) is 70.7 Å². The van der Waals surface area contributed by atoms with E-state index in [-0.39, 0.29) is 0 Å². The van der Waals surface area contributed by atoms with E-state index in [9.17, 15) is 0 Å². The molecule has 0 saturated carbocycles. The van der Waals surface area contributed by atoms with Gasteiger partial charge in [0.25, 0.3) is 0 Å².